The first-order valence-corrected chi connectivity index (χ1v) is 8.94. The summed E-state index contributed by atoms with van der Waals surface area (Å²) >= 11 is 0. The Bertz CT molecular complexity index is 796. The van der Waals surface area contributed by atoms with Crippen LogP contribution in [-0.4, -0.2) is 48.7 Å². The van der Waals surface area contributed by atoms with Crippen molar-refractivity contribution in [1.29, 1.82) is 0 Å². The Morgan fingerprint density at radius 1 is 1.26 bits per heavy atom. The van der Waals surface area contributed by atoms with E-state index in [1.54, 1.807) is 12.4 Å². The van der Waals surface area contributed by atoms with Gasteiger partial charge in [-0.2, -0.15) is 9.40 Å². The molecular formula is C15H19FN4O2S. The van der Waals surface area contributed by atoms with Gasteiger partial charge < -0.3 is 5.32 Å². The number of halogens is 1. The molecule has 0 radical (unpaired) electrons. The monoisotopic (exact) mass is 338 g/mol. The van der Waals surface area contributed by atoms with Gasteiger partial charge in [-0.25, -0.2) is 17.5 Å². The van der Waals surface area contributed by atoms with Crippen LogP contribution in [0.2, 0.25) is 0 Å². The van der Waals surface area contributed by atoms with Crippen molar-refractivity contribution < 1.29 is 12.8 Å². The number of nitrogens with one attached hydrogen (secondary N) is 1. The zero-order valence-corrected chi connectivity index (χ0v) is 13.7. The van der Waals surface area contributed by atoms with Crippen LogP contribution >= 0.6 is 0 Å². The molecule has 0 unspecified atom stereocenters. The van der Waals surface area contributed by atoms with Crippen LogP contribution in [0.5, 0.6) is 0 Å². The number of rotatable bonds is 3. The quantitative estimate of drug-likeness (QED) is 0.916. The molecule has 1 N–H and O–H groups in total. The van der Waals surface area contributed by atoms with E-state index in [1.807, 2.05) is 6.92 Å². The van der Waals surface area contributed by atoms with Crippen LogP contribution in [-0.2, 0) is 10.0 Å². The maximum absolute atomic E-state index is 14.4. The third-order valence-corrected chi connectivity index (χ3v) is 5.71. The molecule has 2 aromatic rings. The maximum Gasteiger partial charge on any atom is 0.243 e. The molecule has 1 aliphatic rings. The Balaban J connectivity index is 1.92. The molecule has 8 heteroatoms. The highest BCUT2D eigenvalue weighted by atomic mass is 32.2. The van der Waals surface area contributed by atoms with Gasteiger partial charge in [-0.05, 0) is 43.7 Å². The van der Waals surface area contributed by atoms with Gasteiger partial charge in [0.15, 0.2) is 0 Å². The van der Waals surface area contributed by atoms with E-state index in [-0.39, 0.29) is 10.6 Å². The first-order chi connectivity index (χ1) is 11.0. The van der Waals surface area contributed by atoms with Gasteiger partial charge in [-0.15, -0.1) is 0 Å². The largest absolute Gasteiger partial charge is 0.315 e. The van der Waals surface area contributed by atoms with Gasteiger partial charge in [-0.1, -0.05) is 0 Å². The summed E-state index contributed by atoms with van der Waals surface area (Å²) in [6, 6.07) is 3.95. The van der Waals surface area contributed by atoms with E-state index in [2.05, 4.69) is 10.4 Å². The van der Waals surface area contributed by atoms with Crippen molar-refractivity contribution in [1.82, 2.24) is 19.4 Å². The fraction of sp³-hybridized carbons (Fsp3) is 0.400. The topological polar surface area (TPSA) is 67.2 Å². The molecule has 0 spiro atoms. The number of nitrogens with zero attached hydrogens (tertiary/aromatic N) is 3. The number of aromatic nitrogens is 2. The highest BCUT2D eigenvalue weighted by Crippen LogP contribution is 2.21. The second-order valence-corrected chi connectivity index (χ2v) is 7.52. The number of benzene rings is 1. The fourth-order valence-corrected chi connectivity index (χ4v) is 4.08. The highest BCUT2D eigenvalue weighted by Gasteiger charge is 2.26. The minimum absolute atomic E-state index is 0.0236. The van der Waals surface area contributed by atoms with Crippen LogP contribution in [0.1, 0.15) is 12.0 Å². The summed E-state index contributed by atoms with van der Waals surface area (Å²) in [4.78, 5) is -0.0236. The van der Waals surface area contributed by atoms with Crippen molar-refractivity contribution in [2.24, 2.45) is 0 Å². The molecule has 0 atom stereocenters. The van der Waals surface area contributed by atoms with Crippen LogP contribution in [0.4, 0.5) is 4.39 Å². The lowest BCUT2D eigenvalue weighted by atomic mass is 10.3. The van der Waals surface area contributed by atoms with Gasteiger partial charge in [0.1, 0.15) is 11.5 Å². The molecule has 1 aromatic carbocycles. The molecule has 1 aromatic heterocycles. The normalized spacial score (nSPS) is 17.1. The van der Waals surface area contributed by atoms with Crippen molar-refractivity contribution in [2.45, 2.75) is 18.2 Å². The van der Waals surface area contributed by atoms with Gasteiger partial charge in [0.05, 0.1) is 11.1 Å². The molecule has 1 saturated heterocycles. The standard InChI is InChI=1S/C15H19FN4O2S/c1-12-10-18-20(11-12)15-4-3-13(9-14(15)16)23(21,22)19-7-2-5-17-6-8-19/h3-4,9-11,17H,2,5-8H2,1H3. The molecular weight excluding hydrogens is 319 g/mol. The molecule has 124 valence electrons. The zero-order valence-electron chi connectivity index (χ0n) is 12.9. The molecule has 0 bridgehead atoms. The van der Waals surface area contributed by atoms with E-state index in [0.29, 0.717) is 19.6 Å². The SMILES string of the molecule is Cc1cnn(-c2ccc(S(=O)(=O)N3CCCNCC3)cc2F)c1. The van der Waals surface area contributed by atoms with E-state index >= 15 is 0 Å². The molecule has 6 nitrogen and oxygen atoms in total. The average molecular weight is 338 g/mol. The van der Waals surface area contributed by atoms with E-state index in [1.165, 1.54) is 21.1 Å². The van der Waals surface area contributed by atoms with Crippen molar-refractivity contribution in [3.05, 3.63) is 42.0 Å². The average Bonchev–Trinajstić information content (AvgIpc) is 2.77. The van der Waals surface area contributed by atoms with Crippen LogP contribution in [0, 0.1) is 12.7 Å². The van der Waals surface area contributed by atoms with E-state index < -0.39 is 15.8 Å². The molecule has 0 saturated carbocycles. The van der Waals surface area contributed by atoms with Crippen molar-refractivity contribution in [2.75, 3.05) is 26.2 Å². The van der Waals surface area contributed by atoms with Crippen LogP contribution < -0.4 is 5.32 Å². The Morgan fingerprint density at radius 2 is 2.09 bits per heavy atom. The zero-order chi connectivity index (χ0) is 16.4. The first-order valence-electron chi connectivity index (χ1n) is 7.50. The molecule has 3 rings (SSSR count). The predicted octanol–water partition coefficient (Wildman–Crippen LogP) is 1.30. The summed E-state index contributed by atoms with van der Waals surface area (Å²) < 4.78 is 42.5. The van der Waals surface area contributed by atoms with Crippen molar-refractivity contribution >= 4 is 10.0 Å². The Labute approximate surface area is 135 Å². The number of hydrogen-bond donors (Lipinski definition) is 1. The van der Waals surface area contributed by atoms with E-state index in [0.717, 1.165) is 24.6 Å². The minimum Gasteiger partial charge on any atom is -0.315 e. The van der Waals surface area contributed by atoms with Crippen molar-refractivity contribution in [3.8, 4) is 5.69 Å². The molecule has 23 heavy (non-hydrogen) atoms. The molecule has 1 fully saturated rings. The summed E-state index contributed by atoms with van der Waals surface area (Å²) in [5.41, 5.74) is 1.13. The molecule has 2 heterocycles. The summed E-state index contributed by atoms with van der Waals surface area (Å²) in [6.07, 6.45) is 4.05. The number of aryl methyl sites for hydroxylation is 1. The van der Waals surface area contributed by atoms with Gasteiger partial charge in [0.25, 0.3) is 0 Å². The lowest BCUT2D eigenvalue weighted by Gasteiger charge is -2.20. The predicted molar refractivity (Wildman–Crippen MR) is 84.5 cm³/mol. The number of sulfonamides is 1. The summed E-state index contributed by atoms with van der Waals surface area (Å²) in [5, 5.41) is 7.20. The van der Waals surface area contributed by atoms with Gasteiger partial charge in [0.2, 0.25) is 10.0 Å². The van der Waals surface area contributed by atoms with Crippen LogP contribution in [0.3, 0.4) is 0 Å². The maximum atomic E-state index is 14.4. The summed E-state index contributed by atoms with van der Waals surface area (Å²) in [6.45, 7) is 4.08. The van der Waals surface area contributed by atoms with E-state index in [9.17, 15) is 12.8 Å². The van der Waals surface area contributed by atoms with Gasteiger partial charge >= 0.3 is 0 Å². The highest BCUT2D eigenvalue weighted by molar-refractivity contribution is 7.89. The lowest BCUT2D eigenvalue weighted by Crippen LogP contribution is -2.34. The second kappa shape index (κ2) is 6.38. The third kappa shape index (κ3) is 3.29. The lowest BCUT2D eigenvalue weighted by molar-refractivity contribution is 0.431. The van der Waals surface area contributed by atoms with Crippen LogP contribution in [0.15, 0.2) is 35.5 Å². The minimum atomic E-state index is -3.68. The Kier molecular flexibility index (Phi) is 4.47. The third-order valence-electron chi connectivity index (χ3n) is 3.81. The van der Waals surface area contributed by atoms with E-state index in [4.69, 9.17) is 0 Å². The summed E-state index contributed by atoms with van der Waals surface area (Å²) in [7, 11) is -3.68. The second-order valence-electron chi connectivity index (χ2n) is 5.58. The first kappa shape index (κ1) is 16.1. The molecule has 1 aliphatic heterocycles. The summed E-state index contributed by atoms with van der Waals surface area (Å²) in [5.74, 6) is -0.609. The van der Waals surface area contributed by atoms with Gasteiger partial charge in [0, 0.05) is 25.8 Å². The van der Waals surface area contributed by atoms with Crippen molar-refractivity contribution in [3.63, 3.8) is 0 Å². The molecule has 0 amide bonds. The molecule has 0 aliphatic carbocycles. The Hall–Kier alpha value is -1.77. The number of hydrogen-bond acceptors (Lipinski definition) is 4. The smallest absolute Gasteiger partial charge is 0.243 e. The Morgan fingerprint density at radius 3 is 2.78 bits per heavy atom. The van der Waals surface area contributed by atoms with Gasteiger partial charge in [-0.3, -0.25) is 0 Å². The fourth-order valence-electron chi connectivity index (χ4n) is 2.59. The van der Waals surface area contributed by atoms with Crippen LogP contribution in [0.25, 0.3) is 5.69 Å².